The molecule has 146 valence electrons. The zero-order chi connectivity index (χ0) is 19.0. The summed E-state index contributed by atoms with van der Waals surface area (Å²) in [5.41, 5.74) is 0. The van der Waals surface area contributed by atoms with E-state index in [1.165, 1.54) is 0 Å². The molecule has 0 saturated carbocycles. The minimum atomic E-state index is -0.660. The lowest BCUT2D eigenvalue weighted by atomic mass is 9.97. The van der Waals surface area contributed by atoms with E-state index in [0.29, 0.717) is 12.2 Å². The molecule has 0 bridgehead atoms. The largest absolute Gasteiger partial charge is 0.490 e. The number of esters is 1. The Morgan fingerprint density at radius 3 is 2.24 bits per heavy atom. The van der Waals surface area contributed by atoms with Crippen molar-refractivity contribution >= 4 is 5.97 Å². The Morgan fingerprint density at radius 1 is 1.16 bits per heavy atom. The van der Waals surface area contributed by atoms with Gasteiger partial charge in [0, 0.05) is 12.3 Å². The van der Waals surface area contributed by atoms with Crippen LogP contribution in [0.25, 0.3) is 0 Å². The van der Waals surface area contributed by atoms with Gasteiger partial charge in [-0.25, -0.2) is 0 Å². The lowest BCUT2D eigenvalue weighted by Gasteiger charge is -2.39. The number of hydrogen-bond donors (Lipinski definition) is 1. The molecule has 4 unspecified atom stereocenters. The first-order valence-corrected chi connectivity index (χ1v) is 9.73. The molecule has 1 N–H and O–H groups in total. The third kappa shape index (κ3) is 6.30. The zero-order valence-corrected chi connectivity index (χ0v) is 16.5. The van der Waals surface area contributed by atoms with Gasteiger partial charge < -0.3 is 19.3 Å². The molecular formula is C20H36O5. The molecule has 5 heteroatoms. The van der Waals surface area contributed by atoms with E-state index >= 15 is 0 Å². The summed E-state index contributed by atoms with van der Waals surface area (Å²) in [7, 11) is 0. The summed E-state index contributed by atoms with van der Waals surface area (Å²) in [5.74, 6) is 0.617. The highest BCUT2D eigenvalue weighted by Gasteiger charge is 2.39. The van der Waals surface area contributed by atoms with Crippen molar-refractivity contribution in [3.05, 3.63) is 12.3 Å². The maximum absolute atomic E-state index is 12.1. The van der Waals surface area contributed by atoms with E-state index in [4.69, 9.17) is 14.2 Å². The van der Waals surface area contributed by atoms with Crippen LogP contribution in [-0.4, -0.2) is 42.1 Å². The van der Waals surface area contributed by atoms with Crippen LogP contribution >= 0.6 is 0 Å². The highest BCUT2D eigenvalue weighted by atomic mass is 16.6. The van der Waals surface area contributed by atoms with E-state index in [0.717, 1.165) is 25.7 Å². The fraction of sp³-hybridized carbons (Fsp3) is 0.850. The van der Waals surface area contributed by atoms with Gasteiger partial charge in [-0.15, -0.1) is 0 Å². The molecule has 25 heavy (non-hydrogen) atoms. The number of aliphatic hydroxyl groups excluding tert-OH is 1. The summed E-state index contributed by atoms with van der Waals surface area (Å²) in [4.78, 5) is 12.1. The number of carbonyl (C=O) groups excluding carboxylic acids is 1. The van der Waals surface area contributed by atoms with Crippen LogP contribution in [0, 0.1) is 11.8 Å². The molecule has 1 saturated heterocycles. The summed E-state index contributed by atoms with van der Waals surface area (Å²) in [5, 5.41) is 10.5. The molecular weight excluding hydrogens is 320 g/mol. The maximum atomic E-state index is 12.1. The Bertz CT molecular complexity index is 414. The third-order valence-electron chi connectivity index (χ3n) is 5.16. The van der Waals surface area contributed by atoms with Crippen LogP contribution in [-0.2, 0) is 19.0 Å². The molecule has 4 atom stereocenters. The van der Waals surface area contributed by atoms with Gasteiger partial charge in [0.05, 0.1) is 23.9 Å². The van der Waals surface area contributed by atoms with Gasteiger partial charge in [0.2, 0.25) is 0 Å². The monoisotopic (exact) mass is 356 g/mol. The van der Waals surface area contributed by atoms with Gasteiger partial charge in [-0.05, 0) is 32.6 Å². The number of hydrogen-bond acceptors (Lipinski definition) is 5. The lowest BCUT2D eigenvalue weighted by molar-refractivity contribution is -0.194. The number of allylic oxidation sites excluding steroid dienone is 1. The first-order valence-electron chi connectivity index (χ1n) is 9.73. The normalized spacial score (nSPS) is 26.7. The Hall–Kier alpha value is -1.07. The second-order valence-corrected chi connectivity index (χ2v) is 6.99. The molecule has 0 amide bonds. The topological polar surface area (TPSA) is 65.0 Å². The van der Waals surface area contributed by atoms with Gasteiger partial charge in [0.15, 0.2) is 6.10 Å². The van der Waals surface area contributed by atoms with Crippen LogP contribution in [0.3, 0.4) is 0 Å². The number of aliphatic hydroxyl groups is 1. The Labute approximate surface area is 152 Å². The average Bonchev–Trinajstić information content (AvgIpc) is 2.57. The minimum absolute atomic E-state index is 0.0927. The second-order valence-electron chi connectivity index (χ2n) is 6.99. The highest BCUT2D eigenvalue weighted by molar-refractivity contribution is 5.72. The molecule has 0 aromatic heterocycles. The molecule has 0 spiro atoms. The first kappa shape index (κ1) is 22.0. The summed E-state index contributed by atoms with van der Waals surface area (Å²) in [6.45, 7) is 14.2. The van der Waals surface area contributed by atoms with E-state index in [9.17, 15) is 9.90 Å². The summed E-state index contributed by atoms with van der Waals surface area (Å²) in [6, 6.07) is 0. The molecule has 1 heterocycles. The Balaban J connectivity index is 2.74. The molecule has 1 fully saturated rings. The standard InChI is InChI=1S/C20H36O5/c1-7-15(8-2)14(6)25-19-17(21)11-13(5)24-18(19)12-23-20(22)16(9-3)10-4/h13,15-19,21H,6-12H2,1-5H3. The molecule has 1 rings (SSSR count). The van der Waals surface area contributed by atoms with Crippen molar-refractivity contribution in [2.75, 3.05) is 6.61 Å². The lowest BCUT2D eigenvalue weighted by Crippen LogP contribution is -2.51. The van der Waals surface area contributed by atoms with Crippen molar-refractivity contribution in [1.82, 2.24) is 0 Å². The quantitative estimate of drug-likeness (QED) is 0.476. The maximum Gasteiger partial charge on any atom is 0.309 e. The Morgan fingerprint density at radius 2 is 1.72 bits per heavy atom. The van der Waals surface area contributed by atoms with Crippen molar-refractivity contribution in [1.29, 1.82) is 0 Å². The van der Waals surface area contributed by atoms with Gasteiger partial charge in [-0.3, -0.25) is 4.79 Å². The van der Waals surface area contributed by atoms with E-state index in [2.05, 4.69) is 20.4 Å². The van der Waals surface area contributed by atoms with Crippen LogP contribution in [0.15, 0.2) is 12.3 Å². The molecule has 0 aliphatic carbocycles. The van der Waals surface area contributed by atoms with Gasteiger partial charge in [-0.1, -0.05) is 34.3 Å². The van der Waals surface area contributed by atoms with E-state index in [1.807, 2.05) is 20.8 Å². The predicted octanol–water partition coefficient (Wildman–Crippen LogP) is 3.84. The smallest absolute Gasteiger partial charge is 0.309 e. The molecule has 0 aromatic rings. The van der Waals surface area contributed by atoms with Crippen LogP contribution in [0.5, 0.6) is 0 Å². The highest BCUT2D eigenvalue weighted by Crippen LogP contribution is 2.28. The molecule has 0 aromatic carbocycles. The van der Waals surface area contributed by atoms with Gasteiger partial charge in [0.25, 0.3) is 0 Å². The number of rotatable bonds is 10. The third-order valence-corrected chi connectivity index (χ3v) is 5.16. The van der Waals surface area contributed by atoms with Crippen LogP contribution < -0.4 is 0 Å². The average molecular weight is 357 g/mol. The fourth-order valence-corrected chi connectivity index (χ4v) is 3.36. The van der Waals surface area contributed by atoms with Crippen LogP contribution in [0.2, 0.25) is 0 Å². The molecule has 0 radical (unpaired) electrons. The van der Waals surface area contributed by atoms with E-state index < -0.39 is 18.3 Å². The summed E-state index contributed by atoms with van der Waals surface area (Å²) in [6.07, 6.45) is 2.07. The number of carbonyl (C=O) groups is 1. The summed E-state index contributed by atoms with van der Waals surface area (Å²) < 4.78 is 17.4. The van der Waals surface area contributed by atoms with Crippen molar-refractivity contribution < 1.29 is 24.1 Å². The minimum Gasteiger partial charge on any atom is -0.490 e. The van der Waals surface area contributed by atoms with Gasteiger partial charge >= 0.3 is 5.97 Å². The predicted molar refractivity (Wildman–Crippen MR) is 98.1 cm³/mol. The van der Waals surface area contributed by atoms with Crippen LogP contribution in [0.1, 0.15) is 66.7 Å². The van der Waals surface area contributed by atoms with Crippen molar-refractivity contribution in [3.63, 3.8) is 0 Å². The van der Waals surface area contributed by atoms with Crippen molar-refractivity contribution in [3.8, 4) is 0 Å². The summed E-state index contributed by atoms with van der Waals surface area (Å²) >= 11 is 0. The zero-order valence-electron chi connectivity index (χ0n) is 16.5. The molecule has 1 aliphatic heterocycles. The van der Waals surface area contributed by atoms with Gasteiger partial charge in [-0.2, -0.15) is 0 Å². The van der Waals surface area contributed by atoms with E-state index in [-0.39, 0.29) is 30.5 Å². The SMILES string of the molecule is C=C(OC1C(O)CC(C)OC1COC(=O)C(CC)CC)C(CC)CC. The van der Waals surface area contributed by atoms with Crippen LogP contribution in [0.4, 0.5) is 0 Å². The first-order chi connectivity index (χ1) is 11.9. The molecule has 1 aliphatic rings. The number of ether oxygens (including phenoxy) is 3. The Kier molecular flexibility index (Phi) is 9.51. The fourth-order valence-electron chi connectivity index (χ4n) is 3.36. The second kappa shape index (κ2) is 10.8. The van der Waals surface area contributed by atoms with E-state index in [1.54, 1.807) is 0 Å². The molecule has 5 nitrogen and oxygen atoms in total. The van der Waals surface area contributed by atoms with Crippen molar-refractivity contribution in [2.24, 2.45) is 11.8 Å². The van der Waals surface area contributed by atoms with Gasteiger partial charge in [0.1, 0.15) is 12.7 Å². The van der Waals surface area contributed by atoms with Crippen molar-refractivity contribution in [2.45, 2.75) is 91.1 Å².